The average Bonchev–Trinajstić information content (AvgIpc) is 3.00. The molecule has 2 amide bonds. The third kappa shape index (κ3) is 2.88. The molecule has 0 aromatic heterocycles. The molecule has 1 aromatic carbocycles. The first-order valence-corrected chi connectivity index (χ1v) is 7.95. The minimum Gasteiger partial charge on any atom is -0.465 e. The molecule has 1 aliphatic carbocycles. The molecule has 1 heterocycles. The van der Waals surface area contributed by atoms with Crippen LogP contribution in [-0.2, 0) is 0 Å². The Bertz CT molecular complexity index is 623. The maximum Gasteiger partial charge on any atom is 0.407 e. The van der Waals surface area contributed by atoms with Crippen molar-refractivity contribution in [2.45, 2.75) is 18.9 Å². The van der Waals surface area contributed by atoms with Gasteiger partial charge in [-0.25, -0.2) is 4.79 Å². The second-order valence-electron chi connectivity index (χ2n) is 5.89. The molecule has 2 aliphatic rings. The lowest BCUT2D eigenvalue weighted by molar-refractivity contribution is 0.0926. The van der Waals surface area contributed by atoms with Gasteiger partial charge in [0.05, 0.1) is 10.6 Å². The standard InChI is InChI=1S/C15H16Cl2N2O3/c16-9-2-3-10(12(17)5-9)14(20)18-13-4-1-8-6-19(15(21)22)7-11(8)13/h2-3,5,8,11,13H,1,4,6-7H2,(H,18,20)(H,21,22). The van der Waals surface area contributed by atoms with E-state index in [1.165, 1.54) is 11.0 Å². The van der Waals surface area contributed by atoms with E-state index in [1.54, 1.807) is 12.1 Å². The van der Waals surface area contributed by atoms with Gasteiger partial charge in [-0.15, -0.1) is 0 Å². The normalized spacial score (nSPS) is 26.8. The number of carbonyl (C=O) groups excluding carboxylic acids is 1. The van der Waals surface area contributed by atoms with Crippen LogP contribution in [0, 0.1) is 11.8 Å². The molecule has 3 atom stereocenters. The summed E-state index contributed by atoms with van der Waals surface area (Å²) in [6.07, 6.45) is 0.924. The zero-order valence-electron chi connectivity index (χ0n) is 11.8. The van der Waals surface area contributed by atoms with Gasteiger partial charge in [0.1, 0.15) is 0 Å². The van der Waals surface area contributed by atoms with Gasteiger partial charge < -0.3 is 15.3 Å². The van der Waals surface area contributed by atoms with Crippen molar-refractivity contribution in [1.82, 2.24) is 10.2 Å². The lowest BCUT2D eigenvalue weighted by Crippen LogP contribution is -2.40. The fourth-order valence-corrected chi connectivity index (χ4v) is 4.01. The van der Waals surface area contributed by atoms with Crippen LogP contribution in [0.4, 0.5) is 4.79 Å². The molecule has 1 saturated heterocycles. The van der Waals surface area contributed by atoms with Crippen molar-refractivity contribution in [2.24, 2.45) is 11.8 Å². The van der Waals surface area contributed by atoms with E-state index in [2.05, 4.69) is 5.32 Å². The van der Waals surface area contributed by atoms with Crippen LogP contribution in [-0.4, -0.2) is 41.1 Å². The number of halogens is 2. The first kappa shape index (κ1) is 15.4. The quantitative estimate of drug-likeness (QED) is 0.867. The van der Waals surface area contributed by atoms with Crippen LogP contribution >= 0.6 is 23.2 Å². The minimum atomic E-state index is -0.889. The van der Waals surface area contributed by atoms with Crippen LogP contribution in [0.15, 0.2) is 18.2 Å². The van der Waals surface area contributed by atoms with Gasteiger partial charge in [-0.05, 0) is 37.0 Å². The monoisotopic (exact) mass is 342 g/mol. The van der Waals surface area contributed by atoms with Crippen molar-refractivity contribution in [3.63, 3.8) is 0 Å². The maximum absolute atomic E-state index is 12.4. The minimum absolute atomic E-state index is 0.00593. The average molecular weight is 343 g/mol. The number of nitrogens with zero attached hydrogens (tertiary/aromatic N) is 1. The molecule has 22 heavy (non-hydrogen) atoms. The van der Waals surface area contributed by atoms with Crippen LogP contribution in [0.25, 0.3) is 0 Å². The Hall–Kier alpha value is -1.46. The summed E-state index contributed by atoms with van der Waals surface area (Å²) in [5.41, 5.74) is 0.391. The molecule has 2 fully saturated rings. The lowest BCUT2D eigenvalue weighted by atomic mass is 9.97. The van der Waals surface area contributed by atoms with E-state index < -0.39 is 6.09 Å². The molecule has 1 saturated carbocycles. The number of amides is 2. The summed E-state index contributed by atoms with van der Waals surface area (Å²) in [6.45, 7) is 1.05. The fourth-order valence-electron chi connectivity index (χ4n) is 3.52. The summed E-state index contributed by atoms with van der Waals surface area (Å²) >= 11 is 11.9. The molecule has 0 radical (unpaired) electrons. The zero-order valence-corrected chi connectivity index (χ0v) is 13.3. The SMILES string of the molecule is O=C(NC1CCC2CN(C(=O)O)CC21)c1ccc(Cl)cc1Cl. The number of likely N-dealkylation sites (tertiary alicyclic amines) is 1. The van der Waals surface area contributed by atoms with E-state index in [0.717, 1.165) is 12.8 Å². The number of carbonyl (C=O) groups is 2. The molecule has 3 unspecified atom stereocenters. The number of rotatable bonds is 2. The van der Waals surface area contributed by atoms with Gasteiger partial charge in [-0.1, -0.05) is 23.2 Å². The second kappa shape index (κ2) is 5.97. The van der Waals surface area contributed by atoms with E-state index in [4.69, 9.17) is 28.3 Å². The number of fused-ring (bicyclic) bond motifs is 1. The van der Waals surface area contributed by atoms with Crippen molar-refractivity contribution >= 4 is 35.2 Å². The first-order valence-electron chi connectivity index (χ1n) is 7.19. The van der Waals surface area contributed by atoms with Gasteiger partial charge in [0.25, 0.3) is 5.91 Å². The Morgan fingerprint density at radius 3 is 2.68 bits per heavy atom. The van der Waals surface area contributed by atoms with Crippen molar-refractivity contribution in [2.75, 3.05) is 13.1 Å². The highest BCUT2D eigenvalue weighted by atomic mass is 35.5. The van der Waals surface area contributed by atoms with Crippen LogP contribution < -0.4 is 5.32 Å². The third-order valence-electron chi connectivity index (χ3n) is 4.62. The number of nitrogens with one attached hydrogen (secondary N) is 1. The van der Waals surface area contributed by atoms with E-state index in [-0.39, 0.29) is 17.9 Å². The summed E-state index contributed by atoms with van der Waals surface area (Å²) in [4.78, 5) is 24.9. The Labute approximate surface area is 138 Å². The summed E-state index contributed by atoms with van der Waals surface area (Å²) in [7, 11) is 0. The molecule has 1 aliphatic heterocycles. The van der Waals surface area contributed by atoms with Crippen molar-refractivity contribution < 1.29 is 14.7 Å². The second-order valence-corrected chi connectivity index (χ2v) is 6.74. The van der Waals surface area contributed by atoms with E-state index in [1.807, 2.05) is 0 Å². The summed E-state index contributed by atoms with van der Waals surface area (Å²) < 4.78 is 0. The largest absolute Gasteiger partial charge is 0.465 e. The predicted octanol–water partition coefficient (Wildman–Crippen LogP) is 3.11. The van der Waals surface area contributed by atoms with Crippen molar-refractivity contribution in [3.05, 3.63) is 33.8 Å². The van der Waals surface area contributed by atoms with Gasteiger partial charge in [-0.2, -0.15) is 0 Å². The molecule has 118 valence electrons. The highest BCUT2D eigenvalue weighted by Crippen LogP contribution is 2.38. The van der Waals surface area contributed by atoms with Crippen LogP contribution in [0.5, 0.6) is 0 Å². The lowest BCUT2D eigenvalue weighted by Gasteiger charge is -2.21. The molecule has 0 spiro atoms. The number of carboxylic acid groups (broad SMARTS) is 1. The summed E-state index contributed by atoms with van der Waals surface area (Å²) in [5, 5.41) is 12.9. The molecular formula is C15H16Cl2N2O3. The fraction of sp³-hybridized carbons (Fsp3) is 0.467. The maximum atomic E-state index is 12.4. The van der Waals surface area contributed by atoms with Crippen molar-refractivity contribution in [3.8, 4) is 0 Å². The zero-order chi connectivity index (χ0) is 15.9. The summed E-state index contributed by atoms with van der Waals surface area (Å²) in [5.74, 6) is 0.286. The van der Waals surface area contributed by atoms with E-state index in [0.29, 0.717) is 34.6 Å². The predicted molar refractivity (Wildman–Crippen MR) is 83.5 cm³/mol. The van der Waals surface area contributed by atoms with Crippen LogP contribution in [0.2, 0.25) is 10.0 Å². The molecule has 3 rings (SSSR count). The Kier molecular flexibility index (Phi) is 4.19. The molecule has 2 N–H and O–H groups in total. The summed E-state index contributed by atoms with van der Waals surface area (Å²) in [6, 6.07) is 4.76. The Morgan fingerprint density at radius 1 is 1.23 bits per heavy atom. The molecule has 0 bridgehead atoms. The molecule has 7 heteroatoms. The van der Waals surface area contributed by atoms with Gasteiger partial charge in [0, 0.05) is 30.1 Å². The first-order chi connectivity index (χ1) is 10.5. The van der Waals surface area contributed by atoms with Crippen molar-refractivity contribution in [1.29, 1.82) is 0 Å². The third-order valence-corrected chi connectivity index (χ3v) is 5.17. The number of benzene rings is 1. The van der Waals surface area contributed by atoms with E-state index >= 15 is 0 Å². The van der Waals surface area contributed by atoms with Crippen LogP contribution in [0.1, 0.15) is 23.2 Å². The topological polar surface area (TPSA) is 69.6 Å². The van der Waals surface area contributed by atoms with Gasteiger partial charge in [0.15, 0.2) is 0 Å². The van der Waals surface area contributed by atoms with Gasteiger partial charge in [0.2, 0.25) is 0 Å². The molecular weight excluding hydrogens is 327 g/mol. The van der Waals surface area contributed by atoms with Gasteiger partial charge >= 0.3 is 6.09 Å². The molecule has 5 nitrogen and oxygen atoms in total. The highest BCUT2D eigenvalue weighted by molar-refractivity contribution is 6.36. The van der Waals surface area contributed by atoms with Gasteiger partial charge in [-0.3, -0.25) is 4.79 Å². The number of hydrogen-bond acceptors (Lipinski definition) is 2. The smallest absolute Gasteiger partial charge is 0.407 e. The Balaban J connectivity index is 1.68. The van der Waals surface area contributed by atoms with Crippen LogP contribution in [0.3, 0.4) is 0 Å². The molecule has 1 aromatic rings. The highest BCUT2D eigenvalue weighted by Gasteiger charge is 2.44. The number of hydrogen-bond donors (Lipinski definition) is 2. The Morgan fingerprint density at radius 2 is 2.00 bits per heavy atom. The van der Waals surface area contributed by atoms with E-state index in [9.17, 15) is 9.59 Å².